The molecule has 0 aliphatic rings. The Bertz CT molecular complexity index is 996. The van der Waals surface area contributed by atoms with E-state index < -0.39 is 5.91 Å². The maximum absolute atomic E-state index is 12.1. The molecule has 126 valence electrons. The number of nitrogens with one attached hydrogen (secondary N) is 1. The molecule has 0 spiro atoms. The van der Waals surface area contributed by atoms with Gasteiger partial charge < -0.3 is 23.3 Å². The van der Waals surface area contributed by atoms with Gasteiger partial charge in [0, 0.05) is 19.3 Å². The van der Waals surface area contributed by atoms with Crippen molar-refractivity contribution in [2.45, 2.75) is 6.54 Å². The number of hydrogen-bond acceptors (Lipinski definition) is 7. The van der Waals surface area contributed by atoms with E-state index in [0.29, 0.717) is 23.2 Å². The molecule has 0 aliphatic heterocycles. The quantitative estimate of drug-likeness (QED) is 0.593. The lowest BCUT2D eigenvalue weighted by molar-refractivity contribution is 0.0937. The Hall–Kier alpha value is -3.62. The molecule has 1 N–H and O–H groups in total. The highest BCUT2D eigenvalue weighted by molar-refractivity contribution is 5.92. The molecule has 0 aliphatic carbocycles. The molecule has 0 saturated carbocycles. The SMILES string of the molecule is Cn1cccc1-c1noc(CNC(=O)c2cc(-c3ccco3)on2)n1. The third-order valence-corrected chi connectivity index (χ3v) is 3.55. The minimum absolute atomic E-state index is 0.0825. The summed E-state index contributed by atoms with van der Waals surface area (Å²) in [7, 11) is 1.88. The lowest BCUT2D eigenvalue weighted by Gasteiger charge is -1.97. The first-order chi connectivity index (χ1) is 12.2. The van der Waals surface area contributed by atoms with Crippen molar-refractivity contribution in [3.05, 3.63) is 54.4 Å². The van der Waals surface area contributed by atoms with E-state index in [0.717, 1.165) is 5.69 Å². The van der Waals surface area contributed by atoms with Crippen molar-refractivity contribution in [1.29, 1.82) is 0 Å². The van der Waals surface area contributed by atoms with Crippen LogP contribution in [0.25, 0.3) is 23.0 Å². The Morgan fingerprint density at radius 1 is 1.20 bits per heavy atom. The number of aryl methyl sites for hydroxylation is 1. The van der Waals surface area contributed by atoms with Crippen LogP contribution in [0.15, 0.2) is 56.3 Å². The first-order valence-electron chi connectivity index (χ1n) is 7.44. The molecule has 0 bridgehead atoms. The van der Waals surface area contributed by atoms with E-state index >= 15 is 0 Å². The van der Waals surface area contributed by atoms with Gasteiger partial charge in [0.2, 0.25) is 17.5 Å². The van der Waals surface area contributed by atoms with E-state index in [1.165, 1.54) is 12.3 Å². The standard InChI is InChI=1S/C16H13N5O4/c1-21-6-2-4-11(21)15-18-14(25-20-15)9-17-16(22)10-8-13(24-19-10)12-5-3-7-23-12/h2-8H,9H2,1H3,(H,17,22). The van der Waals surface area contributed by atoms with E-state index in [2.05, 4.69) is 20.6 Å². The zero-order chi connectivity index (χ0) is 17.2. The predicted octanol–water partition coefficient (Wildman–Crippen LogP) is 2.25. The van der Waals surface area contributed by atoms with Crippen molar-refractivity contribution in [1.82, 2.24) is 25.2 Å². The highest BCUT2D eigenvalue weighted by Gasteiger charge is 2.16. The molecular weight excluding hydrogens is 326 g/mol. The number of carbonyl (C=O) groups excluding carboxylic acids is 1. The summed E-state index contributed by atoms with van der Waals surface area (Å²) in [6.07, 6.45) is 3.39. The van der Waals surface area contributed by atoms with Crippen LogP contribution in [-0.4, -0.2) is 25.8 Å². The fourth-order valence-corrected chi connectivity index (χ4v) is 2.29. The van der Waals surface area contributed by atoms with E-state index in [1.54, 1.807) is 12.1 Å². The average molecular weight is 339 g/mol. The number of carbonyl (C=O) groups is 1. The van der Waals surface area contributed by atoms with E-state index in [4.69, 9.17) is 13.5 Å². The smallest absolute Gasteiger partial charge is 0.273 e. The van der Waals surface area contributed by atoms with Gasteiger partial charge in [-0.25, -0.2) is 0 Å². The zero-order valence-electron chi connectivity index (χ0n) is 13.2. The molecule has 0 aromatic carbocycles. The van der Waals surface area contributed by atoms with Crippen LogP contribution in [0.3, 0.4) is 0 Å². The number of amides is 1. The Kier molecular flexibility index (Phi) is 3.65. The maximum Gasteiger partial charge on any atom is 0.273 e. The van der Waals surface area contributed by atoms with Crippen molar-refractivity contribution in [2.24, 2.45) is 7.05 Å². The highest BCUT2D eigenvalue weighted by Crippen LogP contribution is 2.20. The second-order valence-electron chi connectivity index (χ2n) is 5.25. The summed E-state index contributed by atoms with van der Waals surface area (Å²) in [6, 6.07) is 8.69. The maximum atomic E-state index is 12.1. The molecule has 4 aromatic rings. The Labute approximate surface area is 141 Å². The average Bonchev–Trinajstić information content (AvgIpc) is 3.37. The number of nitrogens with zero attached hydrogens (tertiary/aromatic N) is 4. The normalized spacial score (nSPS) is 10.9. The van der Waals surface area contributed by atoms with Gasteiger partial charge in [-0.2, -0.15) is 4.98 Å². The fraction of sp³-hybridized carbons (Fsp3) is 0.125. The minimum Gasteiger partial charge on any atom is -0.461 e. The van der Waals surface area contributed by atoms with Gasteiger partial charge in [-0.3, -0.25) is 4.79 Å². The summed E-state index contributed by atoms with van der Waals surface area (Å²) in [6.45, 7) is 0.0825. The Morgan fingerprint density at radius 3 is 2.88 bits per heavy atom. The molecular formula is C16H13N5O4. The molecule has 0 unspecified atom stereocenters. The van der Waals surface area contributed by atoms with Crippen molar-refractivity contribution < 1.29 is 18.3 Å². The molecule has 25 heavy (non-hydrogen) atoms. The van der Waals surface area contributed by atoms with Gasteiger partial charge in [-0.05, 0) is 24.3 Å². The van der Waals surface area contributed by atoms with Gasteiger partial charge in [0.25, 0.3) is 5.91 Å². The largest absolute Gasteiger partial charge is 0.461 e. The zero-order valence-corrected chi connectivity index (χ0v) is 13.2. The molecule has 1 amide bonds. The lowest BCUT2D eigenvalue weighted by atomic mass is 10.3. The molecule has 9 heteroatoms. The van der Waals surface area contributed by atoms with Crippen LogP contribution in [0, 0.1) is 0 Å². The first kappa shape index (κ1) is 14.9. The number of rotatable bonds is 5. The van der Waals surface area contributed by atoms with Crippen molar-refractivity contribution in [3.63, 3.8) is 0 Å². The van der Waals surface area contributed by atoms with Crippen LogP contribution in [0.4, 0.5) is 0 Å². The van der Waals surface area contributed by atoms with Crippen LogP contribution < -0.4 is 5.32 Å². The lowest BCUT2D eigenvalue weighted by Crippen LogP contribution is -2.23. The van der Waals surface area contributed by atoms with Crippen molar-refractivity contribution in [3.8, 4) is 23.0 Å². The van der Waals surface area contributed by atoms with Crippen molar-refractivity contribution >= 4 is 5.91 Å². The van der Waals surface area contributed by atoms with Gasteiger partial charge in [0.1, 0.15) is 0 Å². The van der Waals surface area contributed by atoms with Gasteiger partial charge in [0.05, 0.1) is 18.5 Å². The first-order valence-corrected chi connectivity index (χ1v) is 7.44. The van der Waals surface area contributed by atoms with E-state index in [1.807, 2.05) is 29.9 Å². The third-order valence-electron chi connectivity index (χ3n) is 3.55. The van der Waals surface area contributed by atoms with Crippen LogP contribution in [0.2, 0.25) is 0 Å². The van der Waals surface area contributed by atoms with Crippen LogP contribution >= 0.6 is 0 Å². The molecule has 0 saturated heterocycles. The molecule has 4 heterocycles. The Balaban J connectivity index is 1.41. The van der Waals surface area contributed by atoms with Crippen LogP contribution in [0.5, 0.6) is 0 Å². The fourth-order valence-electron chi connectivity index (χ4n) is 2.29. The monoisotopic (exact) mass is 339 g/mol. The second-order valence-corrected chi connectivity index (χ2v) is 5.25. The third kappa shape index (κ3) is 2.94. The number of aromatic nitrogens is 4. The summed E-state index contributed by atoms with van der Waals surface area (Å²) in [4.78, 5) is 16.4. The summed E-state index contributed by atoms with van der Waals surface area (Å²) in [5.74, 6) is 1.20. The minimum atomic E-state index is -0.417. The summed E-state index contributed by atoms with van der Waals surface area (Å²) < 4.78 is 17.3. The van der Waals surface area contributed by atoms with Crippen molar-refractivity contribution in [2.75, 3.05) is 0 Å². The van der Waals surface area contributed by atoms with Gasteiger partial charge >= 0.3 is 0 Å². The highest BCUT2D eigenvalue weighted by atomic mass is 16.5. The second kappa shape index (κ2) is 6.11. The molecule has 0 atom stereocenters. The summed E-state index contributed by atoms with van der Waals surface area (Å²) in [5, 5.41) is 10.3. The predicted molar refractivity (Wildman–Crippen MR) is 84.1 cm³/mol. The van der Waals surface area contributed by atoms with Gasteiger partial charge in [0.15, 0.2) is 11.5 Å². The molecule has 4 rings (SSSR count). The number of hydrogen-bond donors (Lipinski definition) is 1. The summed E-state index contributed by atoms with van der Waals surface area (Å²) >= 11 is 0. The van der Waals surface area contributed by atoms with Crippen LogP contribution in [0.1, 0.15) is 16.4 Å². The number of furan rings is 1. The molecule has 0 fully saturated rings. The summed E-state index contributed by atoms with van der Waals surface area (Å²) in [5.41, 5.74) is 0.953. The topological polar surface area (TPSA) is 112 Å². The Morgan fingerprint density at radius 2 is 2.12 bits per heavy atom. The van der Waals surface area contributed by atoms with Gasteiger partial charge in [-0.15, -0.1) is 0 Å². The molecule has 0 radical (unpaired) electrons. The van der Waals surface area contributed by atoms with Crippen LogP contribution in [-0.2, 0) is 13.6 Å². The molecule has 4 aromatic heterocycles. The molecule has 9 nitrogen and oxygen atoms in total. The van der Waals surface area contributed by atoms with E-state index in [9.17, 15) is 4.79 Å². The van der Waals surface area contributed by atoms with E-state index in [-0.39, 0.29) is 12.2 Å². The van der Waals surface area contributed by atoms with Gasteiger partial charge in [-0.1, -0.05) is 10.3 Å².